The highest BCUT2D eigenvalue weighted by Gasteiger charge is 2.18. The van der Waals surface area contributed by atoms with Crippen molar-refractivity contribution in [2.75, 3.05) is 6.54 Å². The van der Waals surface area contributed by atoms with Crippen LogP contribution in [0.4, 0.5) is 5.69 Å². The Balaban J connectivity index is 2.86. The van der Waals surface area contributed by atoms with E-state index in [2.05, 4.69) is 5.32 Å². The average molecular weight is 224 g/mol. The van der Waals surface area contributed by atoms with Crippen molar-refractivity contribution in [2.45, 2.75) is 13.0 Å². The molecular formula is C10H12N2O4. The first-order valence-corrected chi connectivity index (χ1v) is 4.72. The Kier molecular flexibility index (Phi) is 3.96. The molecule has 1 aromatic carbocycles. The van der Waals surface area contributed by atoms with Crippen molar-refractivity contribution in [3.8, 4) is 0 Å². The van der Waals surface area contributed by atoms with Crippen LogP contribution >= 0.6 is 0 Å². The van der Waals surface area contributed by atoms with Crippen LogP contribution < -0.4 is 5.32 Å². The largest absolute Gasteiger partial charge is 0.392 e. The Morgan fingerprint density at radius 2 is 2.19 bits per heavy atom. The lowest BCUT2D eigenvalue weighted by molar-refractivity contribution is -0.385. The first-order chi connectivity index (χ1) is 7.52. The zero-order valence-electron chi connectivity index (χ0n) is 8.71. The summed E-state index contributed by atoms with van der Waals surface area (Å²) in [5, 5.41) is 22.0. The fourth-order valence-corrected chi connectivity index (χ4v) is 1.16. The number of hydrogen-bond donors (Lipinski definition) is 2. The third-order valence-corrected chi connectivity index (χ3v) is 1.90. The summed E-state index contributed by atoms with van der Waals surface area (Å²) >= 11 is 0. The highest BCUT2D eigenvalue weighted by atomic mass is 16.6. The first kappa shape index (κ1) is 12.1. The number of aliphatic hydroxyl groups is 1. The molecule has 1 aromatic rings. The summed E-state index contributed by atoms with van der Waals surface area (Å²) in [7, 11) is 0. The molecule has 0 unspecified atom stereocenters. The fourth-order valence-electron chi connectivity index (χ4n) is 1.16. The van der Waals surface area contributed by atoms with Gasteiger partial charge < -0.3 is 10.4 Å². The number of nitro benzene ring substituents is 1. The minimum absolute atomic E-state index is 0.00634. The van der Waals surface area contributed by atoms with Crippen molar-refractivity contribution in [1.29, 1.82) is 0 Å². The van der Waals surface area contributed by atoms with E-state index in [1.54, 1.807) is 6.07 Å². The van der Waals surface area contributed by atoms with Gasteiger partial charge in [0.15, 0.2) is 0 Å². The van der Waals surface area contributed by atoms with Gasteiger partial charge in [-0.05, 0) is 13.0 Å². The highest BCUT2D eigenvalue weighted by Crippen LogP contribution is 2.17. The number of aliphatic hydroxyl groups excluding tert-OH is 1. The van der Waals surface area contributed by atoms with Crippen LogP contribution in [0.1, 0.15) is 17.3 Å². The maximum Gasteiger partial charge on any atom is 0.282 e. The summed E-state index contributed by atoms with van der Waals surface area (Å²) in [4.78, 5) is 21.6. The van der Waals surface area contributed by atoms with Crippen LogP contribution in [0.25, 0.3) is 0 Å². The Labute approximate surface area is 92.0 Å². The molecule has 0 aromatic heterocycles. The second kappa shape index (κ2) is 5.22. The molecule has 2 N–H and O–H groups in total. The molecule has 0 radical (unpaired) electrons. The van der Waals surface area contributed by atoms with Crippen molar-refractivity contribution in [1.82, 2.24) is 5.32 Å². The minimum Gasteiger partial charge on any atom is -0.392 e. The lowest BCUT2D eigenvalue weighted by atomic mass is 10.1. The number of nitro groups is 1. The van der Waals surface area contributed by atoms with E-state index < -0.39 is 16.9 Å². The lowest BCUT2D eigenvalue weighted by Gasteiger charge is -2.07. The molecule has 0 bridgehead atoms. The summed E-state index contributed by atoms with van der Waals surface area (Å²) in [6.45, 7) is 1.57. The van der Waals surface area contributed by atoms with Crippen LogP contribution in [0.2, 0.25) is 0 Å². The highest BCUT2D eigenvalue weighted by molar-refractivity contribution is 5.98. The molecule has 16 heavy (non-hydrogen) atoms. The molecule has 0 fully saturated rings. The van der Waals surface area contributed by atoms with Crippen LogP contribution in [-0.2, 0) is 0 Å². The number of nitrogens with one attached hydrogen (secondary N) is 1. The fraction of sp³-hybridized carbons (Fsp3) is 0.300. The van der Waals surface area contributed by atoms with Crippen LogP contribution in [0.5, 0.6) is 0 Å². The number of rotatable bonds is 4. The summed E-state index contributed by atoms with van der Waals surface area (Å²) in [6.07, 6.45) is -0.688. The predicted octanol–water partition coefficient (Wildman–Crippen LogP) is 0.705. The third kappa shape index (κ3) is 3.03. The van der Waals surface area contributed by atoms with Crippen molar-refractivity contribution in [3.05, 3.63) is 39.9 Å². The van der Waals surface area contributed by atoms with Gasteiger partial charge in [-0.25, -0.2) is 0 Å². The summed E-state index contributed by atoms with van der Waals surface area (Å²) < 4.78 is 0. The SMILES string of the molecule is C[C@@H](O)CNC(=O)c1ccccc1[N+](=O)[O-]. The van der Waals surface area contributed by atoms with Crippen LogP contribution in [0, 0.1) is 10.1 Å². The summed E-state index contributed by atoms with van der Waals surface area (Å²) in [6, 6.07) is 5.67. The number of carbonyl (C=O) groups is 1. The van der Waals surface area contributed by atoms with Crippen molar-refractivity contribution < 1.29 is 14.8 Å². The number of carbonyl (C=O) groups excluding carboxylic acids is 1. The predicted molar refractivity (Wildman–Crippen MR) is 57.1 cm³/mol. The molecule has 86 valence electrons. The van der Waals surface area contributed by atoms with Gasteiger partial charge in [0, 0.05) is 12.6 Å². The Bertz CT molecular complexity index is 404. The zero-order chi connectivity index (χ0) is 12.1. The molecule has 6 heteroatoms. The molecule has 0 aliphatic carbocycles. The lowest BCUT2D eigenvalue weighted by Crippen LogP contribution is -2.30. The van der Waals surface area contributed by atoms with Gasteiger partial charge in [0.25, 0.3) is 11.6 Å². The van der Waals surface area contributed by atoms with Gasteiger partial charge in [-0.15, -0.1) is 0 Å². The molecule has 0 saturated carbocycles. The van der Waals surface area contributed by atoms with Gasteiger partial charge in [-0.1, -0.05) is 12.1 Å². The van der Waals surface area contributed by atoms with E-state index in [0.29, 0.717) is 0 Å². The smallest absolute Gasteiger partial charge is 0.282 e. The molecule has 1 atom stereocenters. The maximum atomic E-state index is 11.5. The quantitative estimate of drug-likeness (QED) is 0.581. The number of benzene rings is 1. The van der Waals surface area contributed by atoms with E-state index in [1.165, 1.54) is 25.1 Å². The van der Waals surface area contributed by atoms with Gasteiger partial charge in [-0.3, -0.25) is 14.9 Å². The summed E-state index contributed by atoms with van der Waals surface area (Å²) in [5.74, 6) is -0.562. The monoisotopic (exact) mass is 224 g/mol. The standard InChI is InChI=1S/C10H12N2O4/c1-7(13)6-11-10(14)8-4-2-3-5-9(8)12(15)16/h2-5,7,13H,6H2,1H3,(H,11,14)/t7-/m1/s1. The molecule has 0 aliphatic heterocycles. The second-order valence-corrected chi connectivity index (χ2v) is 3.33. The van der Waals surface area contributed by atoms with E-state index in [1.807, 2.05) is 0 Å². The third-order valence-electron chi connectivity index (χ3n) is 1.90. The van der Waals surface area contributed by atoms with Gasteiger partial charge in [0.2, 0.25) is 0 Å². The topological polar surface area (TPSA) is 92.5 Å². The molecule has 1 amide bonds. The first-order valence-electron chi connectivity index (χ1n) is 4.72. The van der Waals surface area contributed by atoms with Crippen LogP contribution in [0.15, 0.2) is 24.3 Å². The van der Waals surface area contributed by atoms with Crippen molar-refractivity contribution in [2.24, 2.45) is 0 Å². The van der Waals surface area contributed by atoms with Gasteiger partial charge in [0.1, 0.15) is 5.56 Å². The molecule has 0 aliphatic rings. The number of nitrogens with zero attached hydrogens (tertiary/aromatic N) is 1. The molecule has 6 nitrogen and oxygen atoms in total. The molecule has 0 spiro atoms. The Hall–Kier alpha value is -1.95. The van der Waals surface area contributed by atoms with E-state index in [4.69, 9.17) is 5.11 Å². The molecular weight excluding hydrogens is 212 g/mol. The van der Waals surface area contributed by atoms with Gasteiger partial charge in [0.05, 0.1) is 11.0 Å². The van der Waals surface area contributed by atoms with E-state index in [-0.39, 0.29) is 17.8 Å². The van der Waals surface area contributed by atoms with E-state index in [9.17, 15) is 14.9 Å². The van der Waals surface area contributed by atoms with Crippen LogP contribution in [0.3, 0.4) is 0 Å². The van der Waals surface area contributed by atoms with Gasteiger partial charge in [-0.2, -0.15) is 0 Å². The average Bonchev–Trinajstić information content (AvgIpc) is 2.25. The van der Waals surface area contributed by atoms with Crippen LogP contribution in [-0.4, -0.2) is 28.6 Å². The Morgan fingerprint density at radius 1 is 1.56 bits per heavy atom. The Morgan fingerprint density at radius 3 is 2.75 bits per heavy atom. The van der Waals surface area contributed by atoms with E-state index in [0.717, 1.165) is 0 Å². The van der Waals surface area contributed by atoms with Crippen molar-refractivity contribution >= 4 is 11.6 Å². The van der Waals surface area contributed by atoms with Gasteiger partial charge >= 0.3 is 0 Å². The van der Waals surface area contributed by atoms with Crippen molar-refractivity contribution in [3.63, 3.8) is 0 Å². The minimum atomic E-state index is -0.688. The number of hydrogen-bond acceptors (Lipinski definition) is 4. The van der Waals surface area contributed by atoms with E-state index >= 15 is 0 Å². The number of amides is 1. The second-order valence-electron chi connectivity index (χ2n) is 3.33. The summed E-state index contributed by atoms with van der Waals surface area (Å²) in [5.41, 5.74) is -0.251. The zero-order valence-corrected chi connectivity index (χ0v) is 8.71. The maximum absolute atomic E-state index is 11.5. The molecule has 1 rings (SSSR count). The normalized spacial score (nSPS) is 11.9. The molecule has 0 heterocycles. The molecule has 0 saturated heterocycles. The number of para-hydroxylation sites is 1.